The summed E-state index contributed by atoms with van der Waals surface area (Å²) >= 11 is 0. The molecule has 0 unspecified atom stereocenters. The second-order valence-corrected chi connectivity index (χ2v) is 7.74. The van der Waals surface area contributed by atoms with Crippen molar-refractivity contribution in [2.24, 2.45) is 4.99 Å². The first kappa shape index (κ1) is 22.9. The van der Waals surface area contributed by atoms with Crippen molar-refractivity contribution >= 4 is 11.9 Å². The molecule has 2 rings (SSSR count). The van der Waals surface area contributed by atoms with Crippen molar-refractivity contribution in [2.75, 3.05) is 59.6 Å². The van der Waals surface area contributed by atoms with E-state index in [1.54, 1.807) is 7.11 Å². The molecule has 0 aromatic rings. The Labute approximate surface area is 169 Å². The maximum absolute atomic E-state index is 11.9. The van der Waals surface area contributed by atoms with Crippen LogP contribution in [0, 0.1) is 0 Å². The Morgan fingerprint density at radius 1 is 1.21 bits per heavy atom. The molecule has 0 spiro atoms. The van der Waals surface area contributed by atoms with Gasteiger partial charge in [-0.15, -0.1) is 0 Å². The van der Waals surface area contributed by atoms with E-state index in [0.717, 1.165) is 77.5 Å². The first-order chi connectivity index (χ1) is 13.6. The minimum atomic E-state index is -0.212. The van der Waals surface area contributed by atoms with Crippen LogP contribution in [-0.4, -0.2) is 88.0 Å². The molecule has 0 aromatic carbocycles. The number of amides is 1. The number of aliphatic imine (C=N–C) groups is 1. The van der Waals surface area contributed by atoms with Gasteiger partial charge in [-0.05, 0) is 26.2 Å². The standard InChI is InChI=1S/C20H39N5O3/c1-4-10-22-18(26)15-25-11-6-17(7-12-25)24-19(21-5-2)23-16-20(27-3)8-13-28-14-9-20/h17H,4-16H2,1-3H3,(H,22,26)(H2,21,23,24). The van der Waals surface area contributed by atoms with Crippen molar-refractivity contribution in [1.82, 2.24) is 20.9 Å². The first-order valence-corrected chi connectivity index (χ1v) is 10.8. The van der Waals surface area contributed by atoms with E-state index < -0.39 is 0 Å². The zero-order valence-electron chi connectivity index (χ0n) is 17.9. The van der Waals surface area contributed by atoms with E-state index in [4.69, 9.17) is 14.5 Å². The molecule has 8 heteroatoms. The van der Waals surface area contributed by atoms with Crippen LogP contribution in [0.1, 0.15) is 46.0 Å². The molecule has 2 aliphatic rings. The Morgan fingerprint density at radius 2 is 1.93 bits per heavy atom. The Bertz CT molecular complexity index is 486. The molecule has 2 saturated heterocycles. The summed E-state index contributed by atoms with van der Waals surface area (Å²) in [6.45, 7) is 10.2. The van der Waals surface area contributed by atoms with E-state index in [1.165, 1.54) is 0 Å². The molecule has 2 heterocycles. The summed E-state index contributed by atoms with van der Waals surface area (Å²) in [5, 5.41) is 9.87. The van der Waals surface area contributed by atoms with Gasteiger partial charge >= 0.3 is 0 Å². The number of carbonyl (C=O) groups is 1. The minimum absolute atomic E-state index is 0.129. The number of ether oxygens (including phenoxy) is 2. The molecule has 1 amide bonds. The molecule has 0 bridgehead atoms. The van der Waals surface area contributed by atoms with Crippen LogP contribution in [0.25, 0.3) is 0 Å². The second kappa shape index (κ2) is 12.2. The SMILES string of the molecule is CCCNC(=O)CN1CCC(NC(=NCC2(OC)CCOCC2)NCC)CC1. The zero-order chi connectivity index (χ0) is 20.2. The van der Waals surface area contributed by atoms with Gasteiger partial charge in [0.05, 0.1) is 18.7 Å². The Hall–Kier alpha value is -1.38. The van der Waals surface area contributed by atoms with E-state index in [-0.39, 0.29) is 11.5 Å². The van der Waals surface area contributed by atoms with Gasteiger partial charge in [0.25, 0.3) is 0 Å². The fourth-order valence-corrected chi connectivity index (χ4v) is 3.67. The smallest absolute Gasteiger partial charge is 0.234 e. The number of hydrogen-bond acceptors (Lipinski definition) is 5. The van der Waals surface area contributed by atoms with Gasteiger partial charge in [0.1, 0.15) is 0 Å². The number of carbonyl (C=O) groups excluding carboxylic acids is 1. The number of nitrogens with zero attached hydrogens (tertiary/aromatic N) is 2. The van der Waals surface area contributed by atoms with Gasteiger partial charge in [0.2, 0.25) is 5.91 Å². The molecule has 0 saturated carbocycles. The molecular weight excluding hydrogens is 358 g/mol. The molecule has 28 heavy (non-hydrogen) atoms. The van der Waals surface area contributed by atoms with Crippen molar-refractivity contribution in [3.8, 4) is 0 Å². The van der Waals surface area contributed by atoms with Crippen molar-refractivity contribution < 1.29 is 14.3 Å². The number of guanidine groups is 1. The highest BCUT2D eigenvalue weighted by molar-refractivity contribution is 5.80. The predicted octanol–water partition coefficient (Wildman–Crippen LogP) is 0.728. The van der Waals surface area contributed by atoms with Crippen molar-refractivity contribution in [2.45, 2.75) is 57.6 Å². The number of methoxy groups -OCH3 is 1. The van der Waals surface area contributed by atoms with Gasteiger partial charge in [0, 0.05) is 65.4 Å². The highest BCUT2D eigenvalue weighted by Gasteiger charge is 2.32. The average molecular weight is 398 g/mol. The number of hydrogen-bond donors (Lipinski definition) is 3. The lowest BCUT2D eigenvalue weighted by Gasteiger charge is -2.35. The van der Waals surface area contributed by atoms with Crippen molar-refractivity contribution in [1.29, 1.82) is 0 Å². The van der Waals surface area contributed by atoms with Crippen LogP contribution < -0.4 is 16.0 Å². The summed E-state index contributed by atoms with van der Waals surface area (Å²) in [6, 6.07) is 0.376. The zero-order valence-corrected chi connectivity index (χ0v) is 17.9. The summed E-state index contributed by atoms with van der Waals surface area (Å²) in [5.41, 5.74) is -0.212. The summed E-state index contributed by atoms with van der Waals surface area (Å²) in [5.74, 6) is 0.981. The second-order valence-electron chi connectivity index (χ2n) is 7.74. The van der Waals surface area contributed by atoms with Crippen molar-refractivity contribution in [3.05, 3.63) is 0 Å². The quantitative estimate of drug-likeness (QED) is 0.393. The molecule has 2 aliphatic heterocycles. The third-order valence-corrected chi connectivity index (χ3v) is 5.57. The van der Waals surface area contributed by atoms with E-state index >= 15 is 0 Å². The lowest BCUT2D eigenvalue weighted by atomic mass is 9.94. The van der Waals surface area contributed by atoms with Crippen LogP contribution in [0.3, 0.4) is 0 Å². The van der Waals surface area contributed by atoms with Gasteiger partial charge in [-0.1, -0.05) is 6.92 Å². The van der Waals surface area contributed by atoms with Crippen LogP contribution in [0.15, 0.2) is 4.99 Å². The number of likely N-dealkylation sites (tertiary alicyclic amines) is 1. The topological polar surface area (TPSA) is 87.2 Å². The van der Waals surface area contributed by atoms with Crippen molar-refractivity contribution in [3.63, 3.8) is 0 Å². The number of nitrogens with one attached hydrogen (secondary N) is 3. The normalized spacial score (nSPS) is 21.3. The maximum atomic E-state index is 11.9. The Balaban J connectivity index is 1.80. The van der Waals surface area contributed by atoms with Crippen LogP contribution in [-0.2, 0) is 14.3 Å². The lowest BCUT2D eigenvalue weighted by molar-refractivity contribution is -0.122. The molecule has 3 N–H and O–H groups in total. The first-order valence-electron chi connectivity index (χ1n) is 10.8. The van der Waals surface area contributed by atoms with Crippen LogP contribution in [0.4, 0.5) is 0 Å². The molecule has 0 radical (unpaired) electrons. The maximum Gasteiger partial charge on any atom is 0.234 e. The monoisotopic (exact) mass is 397 g/mol. The highest BCUT2D eigenvalue weighted by atomic mass is 16.5. The van der Waals surface area contributed by atoms with Gasteiger partial charge in [0.15, 0.2) is 5.96 Å². The summed E-state index contributed by atoms with van der Waals surface area (Å²) in [6.07, 6.45) is 4.75. The summed E-state index contributed by atoms with van der Waals surface area (Å²) in [4.78, 5) is 18.9. The van der Waals surface area contributed by atoms with Crippen LogP contribution in [0.5, 0.6) is 0 Å². The molecule has 0 atom stereocenters. The highest BCUT2D eigenvalue weighted by Crippen LogP contribution is 2.24. The largest absolute Gasteiger partial charge is 0.381 e. The number of rotatable bonds is 9. The number of piperidine rings is 1. The fourth-order valence-electron chi connectivity index (χ4n) is 3.67. The molecule has 2 fully saturated rings. The minimum Gasteiger partial charge on any atom is -0.381 e. The molecule has 8 nitrogen and oxygen atoms in total. The summed E-state index contributed by atoms with van der Waals surface area (Å²) in [7, 11) is 1.77. The van der Waals surface area contributed by atoms with E-state index in [0.29, 0.717) is 19.1 Å². The lowest BCUT2D eigenvalue weighted by Crippen LogP contribution is -2.50. The third kappa shape index (κ3) is 7.56. The van der Waals surface area contributed by atoms with E-state index in [2.05, 4.69) is 34.7 Å². The molecular formula is C20H39N5O3. The predicted molar refractivity (Wildman–Crippen MR) is 112 cm³/mol. The van der Waals surface area contributed by atoms with Gasteiger partial charge in [-0.25, -0.2) is 0 Å². The molecule has 162 valence electrons. The van der Waals surface area contributed by atoms with Gasteiger partial charge < -0.3 is 25.4 Å². The Kier molecular flexibility index (Phi) is 10.0. The van der Waals surface area contributed by atoms with E-state index in [9.17, 15) is 4.79 Å². The third-order valence-electron chi connectivity index (χ3n) is 5.57. The molecule has 0 aromatic heterocycles. The molecule has 0 aliphatic carbocycles. The van der Waals surface area contributed by atoms with Crippen LogP contribution in [0.2, 0.25) is 0 Å². The Morgan fingerprint density at radius 3 is 2.54 bits per heavy atom. The van der Waals surface area contributed by atoms with Gasteiger partial charge in [-0.2, -0.15) is 0 Å². The summed E-state index contributed by atoms with van der Waals surface area (Å²) < 4.78 is 11.3. The van der Waals surface area contributed by atoms with Crippen LogP contribution >= 0.6 is 0 Å². The van der Waals surface area contributed by atoms with Gasteiger partial charge in [-0.3, -0.25) is 14.7 Å². The fraction of sp³-hybridized carbons (Fsp3) is 0.900. The van der Waals surface area contributed by atoms with E-state index in [1.807, 2.05) is 0 Å². The average Bonchev–Trinajstić information content (AvgIpc) is 2.73.